The van der Waals surface area contributed by atoms with Gasteiger partial charge in [-0.05, 0) is 31.0 Å². The van der Waals surface area contributed by atoms with Gasteiger partial charge < -0.3 is 9.88 Å². The molecule has 0 aromatic carbocycles. The standard InChI is InChI=1S/C14H21N3S/c1-11(2)6-15-7-13-4-5-17(12(13)3)9-14-8-16-10-18-14/h4-5,8,10-11,15H,6-7,9H2,1-3H3. The third-order valence-corrected chi connectivity index (χ3v) is 3.79. The fourth-order valence-electron chi connectivity index (χ4n) is 1.94. The molecule has 3 nitrogen and oxygen atoms in total. The van der Waals surface area contributed by atoms with E-state index in [1.165, 1.54) is 16.1 Å². The van der Waals surface area contributed by atoms with Crippen molar-refractivity contribution in [1.82, 2.24) is 14.9 Å². The maximum absolute atomic E-state index is 4.12. The van der Waals surface area contributed by atoms with E-state index < -0.39 is 0 Å². The Hall–Kier alpha value is -1.13. The molecular weight excluding hydrogens is 242 g/mol. The van der Waals surface area contributed by atoms with E-state index in [0.29, 0.717) is 5.92 Å². The van der Waals surface area contributed by atoms with Crippen LogP contribution in [0.25, 0.3) is 0 Å². The van der Waals surface area contributed by atoms with Gasteiger partial charge in [-0.25, -0.2) is 0 Å². The summed E-state index contributed by atoms with van der Waals surface area (Å²) in [5.41, 5.74) is 4.62. The average Bonchev–Trinajstić information content (AvgIpc) is 2.93. The predicted octanol–water partition coefficient (Wildman–Crippen LogP) is 3.05. The molecule has 0 aliphatic rings. The molecule has 98 valence electrons. The molecule has 0 atom stereocenters. The third-order valence-electron chi connectivity index (χ3n) is 3.03. The van der Waals surface area contributed by atoms with Crippen LogP contribution >= 0.6 is 11.3 Å². The van der Waals surface area contributed by atoms with Crippen molar-refractivity contribution in [3.8, 4) is 0 Å². The van der Waals surface area contributed by atoms with Crippen LogP contribution in [0.4, 0.5) is 0 Å². The van der Waals surface area contributed by atoms with Crippen molar-refractivity contribution in [3.63, 3.8) is 0 Å². The van der Waals surface area contributed by atoms with E-state index in [1.54, 1.807) is 11.3 Å². The molecule has 4 heteroatoms. The minimum Gasteiger partial charge on any atom is -0.346 e. The van der Waals surface area contributed by atoms with Gasteiger partial charge in [-0.2, -0.15) is 0 Å². The molecule has 0 unspecified atom stereocenters. The van der Waals surface area contributed by atoms with Crippen LogP contribution in [0.15, 0.2) is 24.0 Å². The second-order valence-corrected chi connectivity index (χ2v) is 6.02. The summed E-state index contributed by atoms with van der Waals surface area (Å²) in [7, 11) is 0. The van der Waals surface area contributed by atoms with Gasteiger partial charge in [0.2, 0.25) is 0 Å². The molecule has 2 rings (SSSR count). The first-order chi connectivity index (χ1) is 8.66. The zero-order chi connectivity index (χ0) is 13.0. The smallest absolute Gasteiger partial charge is 0.0794 e. The number of nitrogens with zero attached hydrogens (tertiary/aromatic N) is 2. The highest BCUT2D eigenvalue weighted by Gasteiger charge is 2.06. The van der Waals surface area contributed by atoms with Gasteiger partial charge in [-0.15, -0.1) is 11.3 Å². The van der Waals surface area contributed by atoms with E-state index in [-0.39, 0.29) is 0 Å². The fraction of sp³-hybridized carbons (Fsp3) is 0.500. The van der Waals surface area contributed by atoms with Crippen LogP contribution in [0.1, 0.15) is 30.0 Å². The maximum Gasteiger partial charge on any atom is 0.0794 e. The molecule has 0 radical (unpaired) electrons. The molecule has 2 aromatic heterocycles. The largest absolute Gasteiger partial charge is 0.346 e. The Morgan fingerprint density at radius 1 is 1.44 bits per heavy atom. The molecule has 0 bridgehead atoms. The van der Waals surface area contributed by atoms with E-state index in [0.717, 1.165) is 19.6 Å². The Labute approximate surface area is 113 Å². The summed E-state index contributed by atoms with van der Waals surface area (Å²) in [5, 5.41) is 3.49. The number of aromatic nitrogens is 2. The minimum absolute atomic E-state index is 0.699. The van der Waals surface area contributed by atoms with E-state index >= 15 is 0 Å². The highest BCUT2D eigenvalue weighted by molar-refractivity contribution is 7.09. The van der Waals surface area contributed by atoms with Crippen molar-refractivity contribution in [2.45, 2.75) is 33.9 Å². The molecule has 0 aliphatic carbocycles. The van der Waals surface area contributed by atoms with Crippen molar-refractivity contribution in [3.05, 3.63) is 40.1 Å². The van der Waals surface area contributed by atoms with Crippen LogP contribution in [0.5, 0.6) is 0 Å². The highest BCUT2D eigenvalue weighted by Crippen LogP contribution is 2.14. The summed E-state index contributed by atoms with van der Waals surface area (Å²) < 4.78 is 2.29. The summed E-state index contributed by atoms with van der Waals surface area (Å²) in [4.78, 5) is 5.42. The van der Waals surface area contributed by atoms with Gasteiger partial charge in [0.05, 0.1) is 12.1 Å². The Morgan fingerprint density at radius 2 is 2.28 bits per heavy atom. The van der Waals surface area contributed by atoms with Crippen molar-refractivity contribution < 1.29 is 0 Å². The van der Waals surface area contributed by atoms with Crippen LogP contribution in [0, 0.1) is 12.8 Å². The van der Waals surface area contributed by atoms with Crippen molar-refractivity contribution >= 4 is 11.3 Å². The zero-order valence-electron chi connectivity index (χ0n) is 11.3. The Morgan fingerprint density at radius 3 is 2.94 bits per heavy atom. The van der Waals surface area contributed by atoms with Gasteiger partial charge in [0.15, 0.2) is 0 Å². The molecule has 2 heterocycles. The van der Waals surface area contributed by atoms with Crippen LogP contribution in [-0.4, -0.2) is 16.1 Å². The molecule has 0 saturated carbocycles. The monoisotopic (exact) mass is 263 g/mol. The Kier molecular flexibility index (Phi) is 4.55. The van der Waals surface area contributed by atoms with Crippen LogP contribution in [0.3, 0.4) is 0 Å². The summed E-state index contributed by atoms with van der Waals surface area (Å²) in [6.45, 7) is 9.61. The van der Waals surface area contributed by atoms with Crippen molar-refractivity contribution in [2.24, 2.45) is 5.92 Å². The number of rotatable bonds is 6. The molecule has 0 saturated heterocycles. The van der Waals surface area contributed by atoms with E-state index in [9.17, 15) is 0 Å². The second kappa shape index (κ2) is 6.16. The Bertz CT molecular complexity index is 471. The van der Waals surface area contributed by atoms with E-state index in [1.807, 2.05) is 11.7 Å². The van der Waals surface area contributed by atoms with Gasteiger partial charge in [-0.1, -0.05) is 13.8 Å². The zero-order valence-corrected chi connectivity index (χ0v) is 12.1. The van der Waals surface area contributed by atoms with Crippen molar-refractivity contribution in [2.75, 3.05) is 6.54 Å². The average molecular weight is 263 g/mol. The highest BCUT2D eigenvalue weighted by atomic mass is 32.1. The first kappa shape index (κ1) is 13.3. The molecule has 0 fully saturated rings. The lowest BCUT2D eigenvalue weighted by atomic mass is 10.2. The first-order valence-electron chi connectivity index (χ1n) is 6.39. The third kappa shape index (κ3) is 3.43. The molecule has 0 aliphatic heterocycles. The summed E-state index contributed by atoms with van der Waals surface area (Å²) in [5.74, 6) is 0.699. The van der Waals surface area contributed by atoms with E-state index in [4.69, 9.17) is 0 Å². The SMILES string of the molecule is Cc1c(CNCC(C)C)ccn1Cc1cncs1. The predicted molar refractivity (Wildman–Crippen MR) is 76.9 cm³/mol. The molecule has 2 aromatic rings. The second-order valence-electron chi connectivity index (χ2n) is 5.05. The molecule has 1 N–H and O–H groups in total. The lowest BCUT2D eigenvalue weighted by molar-refractivity contribution is 0.551. The Balaban J connectivity index is 1.95. The molecule has 18 heavy (non-hydrogen) atoms. The number of hydrogen-bond acceptors (Lipinski definition) is 3. The normalized spacial score (nSPS) is 11.3. The molecular formula is C14H21N3S. The maximum atomic E-state index is 4.12. The fourth-order valence-corrected chi connectivity index (χ4v) is 2.53. The van der Waals surface area contributed by atoms with Crippen LogP contribution in [0.2, 0.25) is 0 Å². The lowest BCUT2D eigenvalue weighted by Gasteiger charge is -2.09. The van der Waals surface area contributed by atoms with Gasteiger partial charge in [0.1, 0.15) is 0 Å². The van der Waals surface area contributed by atoms with Crippen LogP contribution < -0.4 is 5.32 Å². The number of hydrogen-bond donors (Lipinski definition) is 1. The molecule has 0 spiro atoms. The quantitative estimate of drug-likeness (QED) is 0.868. The molecule has 0 amide bonds. The number of thiazole rings is 1. The van der Waals surface area contributed by atoms with Gasteiger partial charge in [-0.3, -0.25) is 4.98 Å². The topological polar surface area (TPSA) is 29.9 Å². The lowest BCUT2D eigenvalue weighted by Crippen LogP contribution is -2.19. The summed E-state index contributed by atoms with van der Waals surface area (Å²) in [6.07, 6.45) is 4.11. The van der Waals surface area contributed by atoms with Gasteiger partial charge in [0, 0.05) is 29.5 Å². The first-order valence-corrected chi connectivity index (χ1v) is 7.27. The summed E-state index contributed by atoms with van der Waals surface area (Å²) >= 11 is 1.71. The van der Waals surface area contributed by atoms with Crippen LogP contribution in [-0.2, 0) is 13.1 Å². The summed E-state index contributed by atoms with van der Waals surface area (Å²) in [6, 6.07) is 2.21. The number of nitrogens with one attached hydrogen (secondary N) is 1. The van der Waals surface area contributed by atoms with E-state index in [2.05, 4.69) is 47.9 Å². The van der Waals surface area contributed by atoms with Crippen molar-refractivity contribution in [1.29, 1.82) is 0 Å². The minimum atomic E-state index is 0.699. The van der Waals surface area contributed by atoms with Gasteiger partial charge in [0.25, 0.3) is 0 Å². The van der Waals surface area contributed by atoms with Gasteiger partial charge >= 0.3 is 0 Å².